The van der Waals surface area contributed by atoms with E-state index >= 15 is 0 Å². The Bertz CT molecular complexity index is 517. The predicted octanol–water partition coefficient (Wildman–Crippen LogP) is 4.01. The Kier molecular flexibility index (Phi) is 4.08. The molecular weight excluding hydrogens is 225 g/mol. The lowest BCUT2D eigenvalue weighted by atomic mass is 10.0. The number of nitrogens with zero attached hydrogens (tertiary/aromatic N) is 1. The molecule has 0 N–H and O–H groups in total. The fraction of sp³-hybridized carbons (Fsp3) is 0.312. The van der Waals surface area contributed by atoms with Gasteiger partial charge in [0.1, 0.15) is 5.82 Å². The second kappa shape index (κ2) is 5.76. The zero-order valence-corrected chi connectivity index (χ0v) is 10.9. The van der Waals surface area contributed by atoms with Crippen LogP contribution in [0.15, 0.2) is 36.5 Å². The first-order valence-electron chi connectivity index (χ1n) is 6.32. The highest BCUT2D eigenvalue weighted by atomic mass is 19.1. The van der Waals surface area contributed by atoms with E-state index in [-0.39, 0.29) is 5.82 Å². The van der Waals surface area contributed by atoms with E-state index in [4.69, 9.17) is 0 Å². The second-order valence-electron chi connectivity index (χ2n) is 4.74. The van der Waals surface area contributed by atoms with E-state index in [9.17, 15) is 4.39 Å². The lowest BCUT2D eigenvalue weighted by Gasteiger charge is -2.04. The topological polar surface area (TPSA) is 12.9 Å². The van der Waals surface area contributed by atoms with Crippen molar-refractivity contribution in [1.29, 1.82) is 0 Å². The maximum Gasteiger partial charge on any atom is 0.126 e. The average Bonchev–Trinajstić information content (AvgIpc) is 2.36. The zero-order chi connectivity index (χ0) is 13.0. The van der Waals surface area contributed by atoms with Crippen LogP contribution < -0.4 is 0 Å². The molecule has 0 spiro atoms. The minimum absolute atomic E-state index is 0.124. The van der Waals surface area contributed by atoms with Crippen LogP contribution in [0.1, 0.15) is 28.8 Å². The van der Waals surface area contributed by atoms with E-state index in [2.05, 4.69) is 11.1 Å². The largest absolute Gasteiger partial charge is 0.261 e. The fourth-order valence-electron chi connectivity index (χ4n) is 2.01. The zero-order valence-electron chi connectivity index (χ0n) is 10.9. The number of halogens is 1. The maximum absolute atomic E-state index is 13.1. The number of benzene rings is 1. The molecule has 0 saturated heterocycles. The monoisotopic (exact) mass is 243 g/mol. The van der Waals surface area contributed by atoms with Crippen molar-refractivity contribution < 1.29 is 4.39 Å². The van der Waals surface area contributed by atoms with Gasteiger partial charge in [0.2, 0.25) is 0 Å². The molecule has 1 aromatic heterocycles. The van der Waals surface area contributed by atoms with Gasteiger partial charge in [0, 0.05) is 11.9 Å². The van der Waals surface area contributed by atoms with Gasteiger partial charge in [0.15, 0.2) is 0 Å². The van der Waals surface area contributed by atoms with Crippen LogP contribution >= 0.6 is 0 Å². The van der Waals surface area contributed by atoms with Crippen molar-refractivity contribution in [2.75, 3.05) is 0 Å². The quantitative estimate of drug-likeness (QED) is 0.790. The molecule has 0 saturated carbocycles. The number of rotatable bonds is 4. The van der Waals surface area contributed by atoms with Gasteiger partial charge in [-0.1, -0.05) is 18.2 Å². The van der Waals surface area contributed by atoms with Crippen LogP contribution in [0.2, 0.25) is 0 Å². The van der Waals surface area contributed by atoms with Crippen molar-refractivity contribution in [3.05, 3.63) is 64.7 Å². The van der Waals surface area contributed by atoms with Gasteiger partial charge < -0.3 is 0 Å². The standard InChI is InChI=1S/C16H18FN/c1-12-10-14(8-9-16(12)17)4-3-5-15-7-6-13(2)18-11-15/h6-11H,3-5H2,1-2H3. The lowest BCUT2D eigenvalue weighted by molar-refractivity contribution is 0.617. The van der Waals surface area contributed by atoms with Crippen LogP contribution in [-0.2, 0) is 12.8 Å². The Balaban J connectivity index is 1.88. The molecule has 1 heterocycles. The van der Waals surface area contributed by atoms with Gasteiger partial charge in [0.25, 0.3) is 0 Å². The number of hydrogen-bond donors (Lipinski definition) is 0. The van der Waals surface area contributed by atoms with Crippen molar-refractivity contribution in [2.45, 2.75) is 33.1 Å². The summed E-state index contributed by atoms with van der Waals surface area (Å²) in [4.78, 5) is 4.28. The van der Waals surface area contributed by atoms with E-state index in [1.54, 1.807) is 6.07 Å². The molecule has 2 aromatic rings. The van der Waals surface area contributed by atoms with Crippen molar-refractivity contribution in [2.24, 2.45) is 0 Å². The molecule has 0 atom stereocenters. The molecule has 1 aromatic carbocycles. The molecule has 0 aliphatic heterocycles. The van der Waals surface area contributed by atoms with Gasteiger partial charge in [-0.25, -0.2) is 4.39 Å². The maximum atomic E-state index is 13.1. The molecule has 0 fully saturated rings. The summed E-state index contributed by atoms with van der Waals surface area (Å²) < 4.78 is 13.1. The van der Waals surface area contributed by atoms with Crippen molar-refractivity contribution in [1.82, 2.24) is 4.98 Å². The summed E-state index contributed by atoms with van der Waals surface area (Å²) in [5, 5.41) is 0. The number of aryl methyl sites for hydroxylation is 4. The highest BCUT2D eigenvalue weighted by Gasteiger charge is 2.00. The van der Waals surface area contributed by atoms with E-state index < -0.39 is 0 Å². The minimum Gasteiger partial charge on any atom is -0.261 e. The third-order valence-corrected chi connectivity index (χ3v) is 3.13. The van der Waals surface area contributed by atoms with Crippen molar-refractivity contribution in [3.8, 4) is 0 Å². The van der Waals surface area contributed by atoms with Gasteiger partial charge in [-0.3, -0.25) is 4.98 Å². The third-order valence-electron chi connectivity index (χ3n) is 3.13. The Morgan fingerprint density at radius 2 is 1.72 bits per heavy atom. The summed E-state index contributed by atoms with van der Waals surface area (Å²) in [7, 11) is 0. The van der Waals surface area contributed by atoms with E-state index in [0.717, 1.165) is 30.5 Å². The summed E-state index contributed by atoms with van der Waals surface area (Å²) >= 11 is 0. The van der Waals surface area contributed by atoms with E-state index in [0.29, 0.717) is 0 Å². The van der Waals surface area contributed by atoms with Crippen LogP contribution in [0.25, 0.3) is 0 Å². The van der Waals surface area contributed by atoms with E-state index in [1.165, 1.54) is 11.1 Å². The SMILES string of the molecule is Cc1ccc(CCCc2ccc(F)c(C)c2)cn1. The number of pyridine rings is 1. The van der Waals surface area contributed by atoms with Crippen LogP contribution in [-0.4, -0.2) is 4.98 Å². The Labute approximate surface area is 108 Å². The smallest absolute Gasteiger partial charge is 0.126 e. The van der Waals surface area contributed by atoms with Gasteiger partial charge in [-0.05, 0) is 61.9 Å². The van der Waals surface area contributed by atoms with Gasteiger partial charge in [-0.15, -0.1) is 0 Å². The highest BCUT2D eigenvalue weighted by Crippen LogP contribution is 2.12. The normalized spacial score (nSPS) is 10.6. The molecule has 18 heavy (non-hydrogen) atoms. The van der Waals surface area contributed by atoms with E-state index in [1.807, 2.05) is 38.2 Å². The van der Waals surface area contributed by atoms with Crippen molar-refractivity contribution in [3.63, 3.8) is 0 Å². The lowest BCUT2D eigenvalue weighted by Crippen LogP contribution is -1.93. The summed E-state index contributed by atoms with van der Waals surface area (Å²) in [6.45, 7) is 3.80. The fourth-order valence-corrected chi connectivity index (χ4v) is 2.01. The van der Waals surface area contributed by atoms with Gasteiger partial charge >= 0.3 is 0 Å². The first-order chi connectivity index (χ1) is 8.65. The number of aromatic nitrogens is 1. The predicted molar refractivity (Wildman–Crippen MR) is 72.1 cm³/mol. The highest BCUT2D eigenvalue weighted by molar-refractivity contribution is 5.24. The summed E-state index contributed by atoms with van der Waals surface area (Å²) in [5.74, 6) is -0.124. The molecule has 0 amide bonds. The van der Waals surface area contributed by atoms with Crippen LogP contribution in [0.3, 0.4) is 0 Å². The summed E-state index contributed by atoms with van der Waals surface area (Å²) in [6.07, 6.45) is 5.00. The average molecular weight is 243 g/mol. The Morgan fingerprint density at radius 1 is 1.00 bits per heavy atom. The van der Waals surface area contributed by atoms with Gasteiger partial charge in [0.05, 0.1) is 0 Å². The van der Waals surface area contributed by atoms with Crippen LogP contribution in [0.5, 0.6) is 0 Å². The molecule has 2 rings (SSSR count). The summed E-state index contributed by atoms with van der Waals surface area (Å²) in [6, 6.07) is 9.52. The molecule has 0 bridgehead atoms. The Morgan fingerprint density at radius 3 is 2.39 bits per heavy atom. The third kappa shape index (κ3) is 3.39. The second-order valence-corrected chi connectivity index (χ2v) is 4.74. The molecule has 0 aliphatic rings. The van der Waals surface area contributed by atoms with Gasteiger partial charge in [-0.2, -0.15) is 0 Å². The molecule has 0 aliphatic carbocycles. The minimum atomic E-state index is -0.124. The van der Waals surface area contributed by atoms with Crippen LogP contribution in [0.4, 0.5) is 4.39 Å². The van der Waals surface area contributed by atoms with Crippen molar-refractivity contribution >= 4 is 0 Å². The number of hydrogen-bond acceptors (Lipinski definition) is 1. The molecule has 0 unspecified atom stereocenters. The van der Waals surface area contributed by atoms with Crippen LogP contribution in [0, 0.1) is 19.7 Å². The first-order valence-corrected chi connectivity index (χ1v) is 6.32. The molecule has 2 heteroatoms. The first kappa shape index (κ1) is 12.7. The summed E-state index contributed by atoms with van der Waals surface area (Å²) in [5.41, 5.74) is 4.24. The molecular formula is C16H18FN. The molecule has 1 nitrogen and oxygen atoms in total. The molecule has 94 valence electrons. The molecule has 0 radical (unpaired) electrons. The Hall–Kier alpha value is -1.70.